The number of rotatable bonds is 6. The van der Waals surface area contributed by atoms with Gasteiger partial charge in [-0.2, -0.15) is 15.0 Å². The molecule has 16 heteroatoms. The van der Waals surface area contributed by atoms with E-state index in [1.54, 1.807) is 6.08 Å². The maximum atomic E-state index is 12.0. The van der Waals surface area contributed by atoms with Gasteiger partial charge in [0.25, 0.3) is 12.2 Å². The smallest absolute Gasteiger partial charge is 0.340 e. The van der Waals surface area contributed by atoms with Crippen molar-refractivity contribution in [3.63, 3.8) is 0 Å². The fraction of sp³-hybridized carbons (Fsp3) is 0.562. The van der Waals surface area contributed by atoms with Crippen molar-refractivity contribution in [2.75, 3.05) is 7.05 Å². The number of carbonyl (C=O) groups is 2. The Kier molecular flexibility index (Phi) is 5.80. The summed E-state index contributed by atoms with van der Waals surface area (Å²) in [6, 6.07) is -1.32. The molecule has 0 aromatic heterocycles. The average molecular weight is 458 g/mol. The number of aliphatic hydroxyl groups is 6. The molecule has 5 unspecified atom stereocenters. The molecule has 1 saturated heterocycles. The first-order valence-corrected chi connectivity index (χ1v) is 9.08. The summed E-state index contributed by atoms with van der Waals surface area (Å²) in [5.41, 5.74) is 0.437. The zero-order valence-electron chi connectivity index (χ0n) is 16.7. The predicted molar refractivity (Wildman–Crippen MR) is 96.5 cm³/mol. The van der Waals surface area contributed by atoms with Gasteiger partial charge in [-0.3, -0.25) is 10.1 Å². The number of likely N-dealkylation sites (N-methyl/N-ethyl adjacent to an activating group) is 1. The first kappa shape index (κ1) is 23.6. The molecule has 0 aromatic rings. The Labute approximate surface area is 180 Å². The minimum Gasteiger partial charge on any atom is -0.367 e. The molecule has 0 aliphatic carbocycles. The third-order valence-corrected chi connectivity index (χ3v) is 5.52. The largest absolute Gasteiger partial charge is 0.367 e. The molecule has 3 amide bonds. The van der Waals surface area contributed by atoms with E-state index in [9.17, 15) is 35.1 Å². The molecule has 32 heavy (non-hydrogen) atoms. The van der Waals surface area contributed by atoms with Gasteiger partial charge >= 0.3 is 11.9 Å². The Morgan fingerprint density at radius 2 is 2.00 bits per heavy atom. The highest BCUT2D eigenvalue weighted by Gasteiger charge is 2.73. The molecule has 3 rings (SSSR count). The van der Waals surface area contributed by atoms with Crippen molar-refractivity contribution in [1.29, 1.82) is 5.26 Å². The number of hydrogen-bond donors (Lipinski definition) is 9. The van der Waals surface area contributed by atoms with Crippen LogP contribution in [0.5, 0.6) is 0 Å². The molecule has 176 valence electrons. The Morgan fingerprint density at radius 3 is 2.59 bits per heavy atom. The van der Waals surface area contributed by atoms with Gasteiger partial charge in [0.1, 0.15) is 24.1 Å². The first-order valence-electron chi connectivity index (χ1n) is 9.08. The average Bonchev–Trinajstić information content (AvgIpc) is 3.18. The minimum atomic E-state index is -3.70. The molecule has 1 fully saturated rings. The lowest BCUT2D eigenvalue weighted by Gasteiger charge is -2.59. The van der Waals surface area contributed by atoms with E-state index in [2.05, 4.69) is 25.7 Å². The van der Waals surface area contributed by atoms with Crippen LogP contribution in [-0.4, -0.2) is 96.0 Å². The van der Waals surface area contributed by atoms with Crippen molar-refractivity contribution in [3.8, 4) is 6.07 Å². The van der Waals surface area contributed by atoms with Crippen molar-refractivity contribution in [2.24, 2.45) is 5.92 Å². The van der Waals surface area contributed by atoms with Gasteiger partial charge in [0.2, 0.25) is 12.2 Å². The van der Waals surface area contributed by atoms with Crippen LogP contribution in [0.15, 0.2) is 23.7 Å². The van der Waals surface area contributed by atoms with Crippen molar-refractivity contribution in [1.82, 2.24) is 25.8 Å². The second kappa shape index (κ2) is 7.84. The van der Waals surface area contributed by atoms with Crippen LogP contribution < -0.4 is 16.0 Å². The summed E-state index contributed by atoms with van der Waals surface area (Å²) in [5, 5.41) is 79.3. The molecule has 3 aliphatic heterocycles. The molecule has 9 N–H and O–H groups in total. The van der Waals surface area contributed by atoms with E-state index < -0.39 is 48.1 Å². The van der Waals surface area contributed by atoms with Crippen molar-refractivity contribution in [3.05, 3.63) is 23.7 Å². The first-order chi connectivity index (χ1) is 14.8. The standard InChI is InChI=1S/C16H22N6O10/c1-7-10(21(2)12-8-3-4-18-11(8)19-13(25)20-12)15(28,29)22(6-23)16(30,14(7,26)27)32-31-9(24)5-17/h3-4,6-7,9-11,18,24,26-30H,1-2H3,(H2,19,20,25). The van der Waals surface area contributed by atoms with E-state index in [1.165, 1.54) is 13.2 Å². The normalized spacial score (nSPS) is 33.4. The number of nitrogens with zero attached hydrogens (tertiary/aromatic N) is 3. The maximum Gasteiger partial charge on any atom is 0.340 e. The second-order valence-electron chi connectivity index (χ2n) is 7.34. The number of aliphatic hydroxyl groups excluding tert-OH is 1. The molecular formula is C16H22N6O10. The lowest BCUT2D eigenvalue weighted by Crippen LogP contribution is -2.84. The molecule has 0 bridgehead atoms. The second-order valence-corrected chi connectivity index (χ2v) is 7.34. The summed E-state index contributed by atoms with van der Waals surface area (Å²) < 4.78 is 0. The number of hydrogen-bond acceptors (Lipinski definition) is 13. The quantitative estimate of drug-likeness (QED) is 0.0597. The monoisotopic (exact) mass is 458 g/mol. The third kappa shape index (κ3) is 3.33. The SMILES string of the molecule is CC1C(N(C)C2=C3C=CNC3NC(=O)N2)C(O)(O)N(C=O)C(O)(OOC(O)C#N)C1(O)O. The summed E-state index contributed by atoms with van der Waals surface area (Å²) in [6.45, 7) is 1.06. The molecule has 0 radical (unpaired) electrons. The van der Waals surface area contributed by atoms with Crippen LogP contribution in [0.25, 0.3) is 0 Å². The van der Waals surface area contributed by atoms with Gasteiger partial charge in [-0.05, 0) is 12.3 Å². The number of likely N-dealkylation sites (tertiary alicyclic amines) is 1. The van der Waals surface area contributed by atoms with Crippen LogP contribution in [0.4, 0.5) is 4.79 Å². The van der Waals surface area contributed by atoms with Gasteiger partial charge in [0.05, 0.1) is 0 Å². The molecule has 3 aliphatic rings. The number of nitriles is 1. The Morgan fingerprint density at radius 1 is 1.34 bits per heavy atom. The van der Waals surface area contributed by atoms with E-state index in [0.29, 0.717) is 5.57 Å². The van der Waals surface area contributed by atoms with Crippen LogP contribution in [0.1, 0.15) is 6.92 Å². The van der Waals surface area contributed by atoms with E-state index >= 15 is 0 Å². The molecule has 3 heterocycles. The highest BCUT2D eigenvalue weighted by molar-refractivity contribution is 5.79. The third-order valence-electron chi connectivity index (χ3n) is 5.52. The van der Waals surface area contributed by atoms with E-state index in [0.717, 1.165) is 17.9 Å². The molecule has 0 spiro atoms. The van der Waals surface area contributed by atoms with Crippen LogP contribution in [-0.2, 0) is 14.6 Å². The summed E-state index contributed by atoms with van der Waals surface area (Å²) >= 11 is 0. The number of piperidine rings is 1. The van der Waals surface area contributed by atoms with Crippen LogP contribution >= 0.6 is 0 Å². The summed E-state index contributed by atoms with van der Waals surface area (Å²) in [7, 11) is 1.26. The van der Waals surface area contributed by atoms with Gasteiger partial charge in [0, 0.05) is 18.5 Å². The number of fused-ring (bicyclic) bond motifs is 1. The molecule has 0 saturated carbocycles. The van der Waals surface area contributed by atoms with Gasteiger partial charge in [0.15, 0.2) is 0 Å². The fourth-order valence-electron chi connectivity index (χ4n) is 3.91. The minimum absolute atomic E-state index is 0.0217. The lowest BCUT2D eigenvalue weighted by molar-refractivity contribution is -0.581. The van der Waals surface area contributed by atoms with Gasteiger partial charge in [-0.15, -0.1) is 0 Å². The predicted octanol–water partition coefficient (Wildman–Crippen LogP) is -4.88. The Balaban J connectivity index is 2.06. The van der Waals surface area contributed by atoms with Crippen LogP contribution in [0, 0.1) is 17.2 Å². The highest BCUT2D eigenvalue weighted by Crippen LogP contribution is 2.46. The zero-order chi connectivity index (χ0) is 24.1. The van der Waals surface area contributed by atoms with E-state index in [-0.39, 0.29) is 17.1 Å². The molecular weight excluding hydrogens is 436 g/mol. The van der Waals surface area contributed by atoms with Crippen LogP contribution in [0.2, 0.25) is 0 Å². The molecule has 16 nitrogen and oxygen atoms in total. The molecule has 0 aromatic carbocycles. The van der Waals surface area contributed by atoms with Crippen molar-refractivity contribution in [2.45, 2.75) is 43.0 Å². The summed E-state index contributed by atoms with van der Waals surface area (Å²) in [6.07, 6.45) is -0.300. The van der Waals surface area contributed by atoms with Gasteiger partial charge in [-0.1, -0.05) is 6.92 Å². The highest BCUT2D eigenvalue weighted by atomic mass is 17.3. The summed E-state index contributed by atoms with van der Waals surface area (Å²) in [5.74, 6) is -12.3. The summed E-state index contributed by atoms with van der Waals surface area (Å²) in [4.78, 5) is 32.9. The Hall–Kier alpha value is -3.01. The molecule has 5 atom stereocenters. The maximum absolute atomic E-state index is 12.0. The fourth-order valence-corrected chi connectivity index (χ4v) is 3.91. The van der Waals surface area contributed by atoms with Crippen molar-refractivity contribution < 1.29 is 50.0 Å². The van der Waals surface area contributed by atoms with E-state index in [4.69, 9.17) is 10.4 Å². The van der Waals surface area contributed by atoms with Crippen molar-refractivity contribution >= 4 is 12.4 Å². The topological polar surface area (TPSA) is 240 Å². The van der Waals surface area contributed by atoms with Gasteiger partial charge in [-0.25, -0.2) is 9.69 Å². The number of urea groups is 1. The lowest BCUT2D eigenvalue weighted by atomic mass is 9.81. The zero-order valence-corrected chi connectivity index (χ0v) is 16.7. The van der Waals surface area contributed by atoms with Gasteiger partial charge < -0.3 is 46.2 Å². The van der Waals surface area contributed by atoms with Crippen LogP contribution in [0.3, 0.4) is 0 Å². The number of carbonyl (C=O) groups excluding carboxylic acids is 2. The number of amides is 3. The van der Waals surface area contributed by atoms with E-state index in [1.807, 2.05) is 0 Å². The number of nitrogens with one attached hydrogen (secondary N) is 3. The Bertz CT molecular complexity index is 900.